The smallest absolute Gasteiger partial charge is 0.259 e. The molecule has 5 atom stereocenters. The fourth-order valence-electron chi connectivity index (χ4n) is 6.75. The van der Waals surface area contributed by atoms with Gasteiger partial charge in [0.15, 0.2) is 0 Å². The van der Waals surface area contributed by atoms with Crippen molar-refractivity contribution in [2.24, 2.45) is 11.3 Å². The Morgan fingerprint density at radius 2 is 1.77 bits per heavy atom. The van der Waals surface area contributed by atoms with Gasteiger partial charge in [-0.1, -0.05) is 63.8 Å². The monoisotopic (exact) mass is 743 g/mol. The average molecular weight is 744 g/mol. The number of aromatic nitrogens is 1. The van der Waals surface area contributed by atoms with E-state index in [-0.39, 0.29) is 19.4 Å². The van der Waals surface area contributed by atoms with E-state index in [0.29, 0.717) is 40.9 Å². The summed E-state index contributed by atoms with van der Waals surface area (Å²) in [5, 5.41) is 5.56. The molecule has 2 saturated carbocycles. The molecule has 3 aromatic rings. The van der Waals surface area contributed by atoms with E-state index < -0.39 is 74.0 Å². The van der Waals surface area contributed by atoms with Gasteiger partial charge in [-0.25, -0.2) is 13.4 Å². The van der Waals surface area contributed by atoms with Crippen molar-refractivity contribution in [1.29, 1.82) is 0 Å². The van der Waals surface area contributed by atoms with Crippen LogP contribution < -0.4 is 24.8 Å². The number of fused-ring (bicyclic) bond motifs is 1. The molecule has 0 radical (unpaired) electrons. The van der Waals surface area contributed by atoms with Crippen molar-refractivity contribution in [3.05, 3.63) is 79.9 Å². The predicted molar refractivity (Wildman–Crippen MR) is 199 cm³/mol. The minimum absolute atomic E-state index is 0.0291. The van der Waals surface area contributed by atoms with Gasteiger partial charge in [-0.05, 0) is 42.9 Å². The number of carbonyl (C=O) groups excluding carboxylic acids is 4. The normalized spacial score (nSPS) is 23.0. The molecule has 1 saturated heterocycles. The van der Waals surface area contributed by atoms with Crippen LogP contribution in [-0.4, -0.2) is 84.6 Å². The van der Waals surface area contributed by atoms with Gasteiger partial charge in [-0.2, -0.15) is 0 Å². The van der Waals surface area contributed by atoms with Crippen LogP contribution >= 0.6 is 0 Å². The lowest BCUT2D eigenvalue weighted by atomic mass is 9.85. The van der Waals surface area contributed by atoms with Gasteiger partial charge < -0.3 is 25.0 Å². The summed E-state index contributed by atoms with van der Waals surface area (Å²) < 4.78 is 39.7. The van der Waals surface area contributed by atoms with Gasteiger partial charge in [0.1, 0.15) is 35.2 Å². The standard InChI is InChI=1S/C39H45N5O8S/c1-7-24-21-39(24,37(48)43-53(49,50)27-15-16-27)42-35(46)31-19-26(22-44(31)36(47)34(38(3,4)5)41-33(45)8-2)52-32-20-29(23-12-10-9-11-13-23)40-30-18-25(51-6)14-17-28(30)32/h7-14,17-18,20,24,26-27,31,34H,1-2,15-16,19,21-22H2,3-6H3,(H,41,45)(H,42,46)(H,43,48). The molecule has 13 nitrogen and oxygen atoms in total. The highest BCUT2D eigenvalue weighted by molar-refractivity contribution is 7.91. The number of nitrogens with one attached hydrogen (secondary N) is 3. The second-order valence-corrected chi connectivity index (χ2v) is 16.9. The third-order valence-corrected chi connectivity index (χ3v) is 11.8. The summed E-state index contributed by atoms with van der Waals surface area (Å²) in [5.41, 5.74) is -0.232. The molecule has 6 rings (SSSR count). The van der Waals surface area contributed by atoms with Crippen molar-refractivity contribution in [3.8, 4) is 22.8 Å². The summed E-state index contributed by atoms with van der Waals surface area (Å²) in [6.07, 6.45) is 2.94. The summed E-state index contributed by atoms with van der Waals surface area (Å²) in [6, 6.07) is 14.6. The molecule has 1 aliphatic heterocycles. The molecule has 3 N–H and O–H groups in total. The Hall–Kier alpha value is -5.24. The Labute approximate surface area is 309 Å². The summed E-state index contributed by atoms with van der Waals surface area (Å²) in [5.74, 6) is -2.04. The summed E-state index contributed by atoms with van der Waals surface area (Å²) >= 11 is 0. The molecule has 0 bridgehead atoms. The van der Waals surface area contributed by atoms with Crippen LogP contribution in [0.15, 0.2) is 79.9 Å². The molecule has 2 aliphatic carbocycles. The quantitative estimate of drug-likeness (QED) is 0.175. The zero-order valence-electron chi connectivity index (χ0n) is 30.3. The van der Waals surface area contributed by atoms with Gasteiger partial charge in [-0.3, -0.25) is 23.9 Å². The number of carbonyl (C=O) groups is 4. The number of pyridine rings is 1. The Morgan fingerprint density at radius 1 is 1.06 bits per heavy atom. The van der Waals surface area contributed by atoms with E-state index in [1.54, 1.807) is 40.0 Å². The zero-order valence-corrected chi connectivity index (χ0v) is 31.1. The van der Waals surface area contributed by atoms with Crippen LogP contribution in [0.1, 0.15) is 46.5 Å². The summed E-state index contributed by atoms with van der Waals surface area (Å²) in [6.45, 7) is 12.6. The number of ether oxygens (including phenoxy) is 2. The fourth-order valence-corrected chi connectivity index (χ4v) is 8.11. The molecule has 0 spiro atoms. The molecule has 2 heterocycles. The van der Waals surface area contributed by atoms with Gasteiger partial charge >= 0.3 is 0 Å². The predicted octanol–water partition coefficient (Wildman–Crippen LogP) is 3.64. The minimum atomic E-state index is -3.90. The molecule has 1 aromatic heterocycles. The number of sulfonamides is 1. The van der Waals surface area contributed by atoms with Crippen LogP contribution in [0.25, 0.3) is 22.2 Å². The van der Waals surface area contributed by atoms with Crippen molar-refractivity contribution >= 4 is 44.6 Å². The van der Waals surface area contributed by atoms with Crippen molar-refractivity contribution in [2.75, 3.05) is 13.7 Å². The zero-order chi connectivity index (χ0) is 38.3. The molecule has 2 aromatic carbocycles. The maximum atomic E-state index is 14.4. The van der Waals surface area contributed by atoms with E-state index in [1.807, 2.05) is 42.5 Å². The molecular weight excluding hydrogens is 699 g/mol. The Balaban J connectivity index is 1.34. The van der Waals surface area contributed by atoms with Crippen LogP contribution in [0.5, 0.6) is 11.5 Å². The lowest BCUT2D eigenvalue weighted by molar-refractivity contribution is -0.144. The van der Waals surface area contributed by atoms with Crippen LogP contribution in [-0.2, 0) is 29.2 Å². The van der Waals surface area contributed by atoms with Crippen LogP contribution in [0.3, 0.4) is 0 Å². The van der Waals surface area contributed by atoms with Crippen LogP contribution in [0.4, 0.5) is 0 Å². The lowest BCUT2D eigenvalue weighted by Crippen LogP contribution is -2.60. The van der Waals surface area contributed by atoms with Gasteiger partial charge in [0, 0.05) is 35.4 Å². The van der Waals surface area contributed by atoms with E-state index in [1.165, 1.54) is 11.0 Å². The number of amides is 4. The number of nitrogens with zero attached hydrogens (tertiary/aromatic N) is 2. The molecule has 3 fully saturated rings. The van der Waals surface area contributed by atoms with Gasteiger partial charge in [-0.15, -0.1) is 6.58 Å². The van der Waals surface area contributed by atoms with E-state index >= 15 is 0 Å². The Bertz CT molecular complexity index is 2080. The third kappa shape index (κ3) is 7.78. The van der Waals surface area contributed by atoms with E-state index in [9.17, 15) is 27.6 Å². The first-order valence-corrected chi connectivity index (χ1v) is 19.1. The van der Waals surface area contributed by atoms with Gasteiger partial charge in [0.05, 0.1) is 30.1 Å². The molecule has 3 aliphatic rings. The van der Waals surface area contributed by atoms with Crippen LogP contribution in [0, 0.1) is 11.3 Å². The number of hydrogen-bond donors (Lipinski definition) is 3. The summed E-state index contributed by atoms with van der Waals surface area (Å²) in [7, 11) is -2.34. The Kier molecular flexibility index (Phi) is 10.1. The van der Waals surface area contributed by atoms with Gasteiger partial charge in [0.25, 0.3) is 5.91 Å². The Morgan fingerprint density at radius 3 is 2.38 bits per heavy atom. The molecule has 14 heteroatoms. The van der Waals surface area contributed by atoms with Crippen LogP contribution in [0.2, 0.25) is 0 Å². The first-order valence-electron chi connectivity index (χ1n) is 17.5. The lowest BCUT2D eigenvalue weighted by Gasteiger charge is -2.35. The first-order chi connectivity index (χ1) is 25.1. The molecule has 53 heavy (non-hydrogen) atoms. The topological polar surface area (TPSA) is 173 Å². The van der Waals surface area contributed by atoms with Crippen molar-refractivity contribution in [2.45, 2.75) is 75.4 Å². The highest BCUT2D eigenvalue weighted by atomic mass is 32.2. The average Bonchev–Trinajstić information content (AvgIpc) is 4.06. The maximum absolute atomic E-state index is 14.4. The highest BCUT2D eigenvalue weighted by Crippen LogP contribution is 2.46. The van der Waals surface area contributed by atoms with Crippen molar-refractivity contribution in [1.82, 2.24) is 25.2 Å². The molecule has 280 valence electrons. The molecule has 4 amide bonds. The number of benzene rings is 2. The second-order valence-electron chi connectivity index (χ2n) is 14.9. The largest absolute Gasteiger partial charge is 0.497 e. The number of rotatable bonds is 13. The van der Waals surface area contributed by atoms with Gasteiger partial charge in [0.2, 0.25) is 27.7 Å². The third-order valence-electron chi connectivity index (χ3n) is 10.0. The van der Waals surface area contributed by atoms with E-state index in [0.717, 1.165) is 11.6 Å². The minimum Gasteiger partial charge on any atom is -0.497 e. The summed E-state index contributed by atoms with van der Waals surface area (Å²) in [4.78, 5) is 61.0. The van der Waals surface area contributed by atoms with Crippen molar-refractivity contribution < 1.29 is 37.1 Å². The van der Waals surface area contributed by atoms with Crippen molar-refractivity contribution in [3.63, 3.8) is 0 Å². The first kappa shape index (κ1) is 37.5. The number of methoxy groups -OCH3 is 1. The molecular formula is C39H45N5O8S. The molecule has 5 unspecified atom stereocenters. The van der Waals surface area contributed by atoms with E-state index in [2.05, 4.69) is 28.5 Å². The maximum Gasteiger partial charge on any atom is 0.259 e. The highest BCUT2D eigenvalue weighted by Gasteiger charge is 2.62. The fraction of sp³-hybridized carbons (Fsp3) is 0.410. The number of likely N-dealkylation sites (tertiary alicyclic amines) is 1. The second kappa shape index (κ2) is 14.3. The van der Waals surface area contributed by atoms with E-state index in [4.69, 9.17) is 14.5 Å². The SMILES string of the molecule is C=CC(=O)NC(C(=O)N1CC(Oc2cc(-c3ccccc3)nc3cc(OC)ccc23)CC1C(=O)NC1(C(=O)NS(=O)(=O)C2CC2)CC1C=C)C(C)(C)C. The number of hydrogen-bond acceptors (Lipinski definition) is 9.